The summed E-state index contributed by atoms with van der Waals surface area (Å²) in [6.45, 7) is 1.59. The van der Waals surface area contributed by atoms with Gasteiger partial charge < -0.3 is 15.6 Å². The Morgan fingerprint density at radius 1 is 1.36 bits per heavy atom. The second-order valence-electron chi connectivity index (χ2n) is 4.92. The predicted molar refractivity (Wildman–Crippen MR) is 86.2 cm³/mol. The lowest BCUT2D eigenvalue weighted by atomic mass is 10.0. The van der Waals surface area contributed by atoms with E-state index in [0.717, 1.165) is 16.5 Å². The number of halogens is 1. The molecule has 7 heteroatoms. The van der Waals surface area contributed by atoms with Gasteiger partial charge in [0.2, 0.25) is 11.8 Å². The second kappa shape index (κ2) is 7.84. The molecular weight excluding hydrogens is 305 g/mol. The monoisotopic (exact) mass is 323 g/mol. The molecule has 0 radical (unpaired) electrons. The summed E-state index contributed by atoms with van der Waals surface area (Å²) in [5.41, 5.74) is 1.93. The van der Waals surface area contributed by atoms with Gasteiger partial charge in [-0.05, 0) is 11.6 Å². The van der Waals surface area contributed by atoms with Gasteiger partial charge in [-0.15, -0.1) is 0 Å². The highest BCUT2D eigenvalue weighted by atomic mass is 32.2. The van der Waals surface area contributed by atoms with Crippen molar-refractivity contribution in [2.45, 2.75) is 19.4 Å². The van der Waals surface area contributed by atoms with Crippen molar-refractivity contribution in [3.05, 3.63) is 36.0 Å². The third-order valence-electron chi connectivity index (χ3n) is 3.27. The van der Waals surface area contributed by atoms with Crippen LogP contribution in [0, 0.1) is 0 Å². The van der Waals surface area contributed by atoms with Gasteiger partial charge in [0, 0.05) is 54.9 Å². The number of carbonyl (C=O) groups excluding carboxylic acids is 2. The van der Waals surface area contributed by atoms with E-state index in [-0.39, 0.29) is 36.3 Å². The van der Waals surface area contributed by atoms with Crippen LogP contribution in [0.2, 0.25) is 0 Å². The summed E-state index contributed by atoms with van der Waals surface area (Å²) < 4.78 is 12.0. The SMILES string of the molecule is CC(=O)NC(Cc1c[nH]c2ccccc12)C(=O)NCCSF. The minimum atomic E-state index is -0.679. The number of hydrogen-bond donors (Lipinski definition) is 3. The first kappa shape index (κ1) is 16.4. The van der Waals surface area contributed by atoms with Crippen LogP contribution in [-0.4, -0.2) is 35.1 Å². The maximum absolute atomic E-state index is 12.1. The molecule has 0 fully saturated rings. The van der Waals surface area contributed by atoms with Gasteiger partial charge >= 0.3 is 0 Å². The van der Waals surface area contributed by atoms with E-state index in [9.17, 15) is 13.5 Å². The molecule has 1 heterocycles. The Morgan fingerprint density at radius 2 is 2.14 bits per heavy atom. The van der Waals surface area contributed by atoms with Crippen LogP contribution in [0.3, 0.4) is 0 Å². The van der Waals surface area contributed by atoms with Crippen molar-refractivity contribution < 1.29 is 13.5 Å². The van der Waals surface area contributed by atoms with E-state index < -0.39 is 6.04 Å². The standard InChI is InChI=1S/C15H18FN3O2S/c1-10(20)19-14(15(21)17-6-7-22-16)8-11-9-18-13-5-3-2-4-12(11)13/h2-5,9,14,18H,6-8H2,1H3,(H,17,21)(H,19,20). The Balaban J connectivity index is 2.12. The Morgan fingerprint density at radius 3 is 2.86 bits per heavy atom. The fraction of sp³-hybridized carbons (Fsp3) is 0.333. The summed E-state index contributed by atoms with van der Waals surface area (Å²) in [5, 5.41) is 6.29. The van der Waals surface area contributed by atoms with Crippen molar-refractivity contribution in [2.75, 3.05) is 12.3 Å². The van der Waals surface area contributed by atoms with Gasteiger partial charge in [-0.25, -0.2) is 0 Å². The zero-order chi connectivity index (χ0) is 15.9. The van der Waals surface area contributed by atoms with Crippen LogP contribution in [0.5, 0.6) is 0 Å². The van der Waals surface area contributed by atoms with E-state index in [0.29, 0.717) is 6.42 Å². The number of hydrogen-bond acceptors (Lipinski definition) is 3. The molecule has 2 rings (SSSR count). The van der Waals surface area contributed by atoms with E-state index in [2.05, 4.69) is 15.6 Å². The molecule has 0 aliphatic carbocycles. The molecule has 0 saturated carbocycles. The first-order valence-electron chi connectivity index (χ1n) is 6.95. The predicted octanol–water partition coefficient (Wildman–Crippen LogP) is 1.95. The highest BCUT2D eigenvalue weighted by Gasteiger charge is 2.21. The smallest absolute Gasteiger partial charge is 0.242 e. The van der Waals surface area contributed by atoms with E-state index in [1.54, 1.807) is 0 Å². The number of benzene rings is 1. The lowest BCUT2D eigenvalue weighted by Crippen LogP contribution is -2.47. The van der Waals surface area contributed by atoms with Crippen molar-refractivity contribution in [3.8, 4) is 0 Å². The molecule has 22 heavy (non-hydrogen) atoms. The number of nitrogens with one attached hydrogen (secondary N) is 3. The molecule has 0 bridgehead atoms. The summed E-state index contributed by atoms with van der Waals surface area (Å²) in [6, 6.07) is 7.08. The molecule has 1 aromatic carbocycles. The van der Waals surface area contributed by atoms with Gasteiger partial charge in [-0.1, -0.05) is 18.2 Å². The Kier molecular flexibility index (Phi) is 5.83. The summed E-state index contributed by atoms with van der Waals surface area (Å²) in [6.07, 6.45) is 2.21. The van der Waals surface area contributed by atoms with Gasteiger partial charge in [0.15, 0.2) is 0 Å². The normalized spacial score (nSPS) is 12.1. The molecule has 1 unspecified atom stereocenters. The topological polar surface area (TPSA) is 74.0 Å². The van der Waals surface area contributed by atoms with E-state index in [4.69, 9.17) is 0 Å². The van der Waals surface area contributed by atoms with Crippen LogP contribution in [0.25, 0.3) is 10.9 Å². The van der Waals surface area contributed by atoms with Crippen LogP contribution >= 0.6 is 12.1 Å². The Hall–Kier alpha value is -2.02. The maximum atomic E-state index is 12.1. The largest absolute Gasteiger partial charge is 0.361 e. The molecule has 3 N–H and O–H groups in total. The van der Waals surface area contributed by atoms with E-state index >= 15 is 0 Å². The van der Waals surface area contributed by atoms with Crippen LogP contribution in [0.1, 0.15) is 12.5 Å². The van der Waals surface area contributed by atoms with Crippen molar-refractivity contribution in [2.24, 2.45) is 0 Å². The number of carbonyl (C=O) groups is 2. The molecule has 0 spiro atoms. The molecule has 2 aromatic rings. The highest BCUT2D eigenvalue weighted by Crippen LogP contribution is 2.19. The molecule has 0 aliphatic heterocycles. The quantitative estimate of drug-likeness (QED) is 0.682. The highest BCUT2D eigenvalue weighted by molar-refractivity contribution is 7.94. The number of aromatic nitrogens is 1. The summed E-state index contributed by atoms with van der Waals surface area (Å²) in [5.74, 6) is -0.402. The van der Waals surface area contributed by atoms with Gasteiger partial charge in [0.25, 0.3) is 0 Å². The van der Waals surface area contributed by atoms with Crippen LogP contribution in [-0.2, 0) is 16.0 Å². The summed E-state index contributed by atoms with van der Waals surface area (Å²) in [4.78, 5) is 26.6. The minimum Gasteiger partial charge on any atom is -0.361 e. The van der Waals surface area contributed by atoms with Crippen molar-refractivity contribution in [1.29, 1.82) is 0 Å². The third-order valence-corrected chi connectivity index (χ3v) is 3.63. The molecule has 0 aliphatic rings. The number of fused-ring (bicyclic) bond motifs is 1. The van der Waals surface area contributed by atoms with Crippen LogP contribution in [0.4, 0.5) is 3.89 Å². The maximum Gasteiger partial charge on any atom is 0.242 e. The minimum absolute atomic E-state index is 0.169. The lowest BCUT2D eigenvalue weighted by molar-refractivity contribution is -0.127. The zero-order valence-electron chi connectivity index (χ0n) is 12.2. The molecule has 118 valence electrons. The lowest BCUT2D eigenvalue weighted by Gasteiger charge is -2.17. The van der Waals surface area contributed by atoms with Crippen LogP contribution < -0.4 is 10.6 Å². The Bertz CT molecular complexity index is 659. The molecule has 5 nitrogen and oxygen atoms in total. The number of H-pyrrole nitrogens is 1. The van der Waals surface area contributed by atoms with Gasteiger partial charge in [-0.2, -0.15) is 3.89 Å². The summed E-state index contributed by atoms with van der Waals surface area (Å²) >= 11 is 0.169. The molecule has 1 atom stereocenters. The van der Waals surface area contributed by atoms with Gasteiger partial charge in [-0.3, -0.25) is 9.59 Å². The van der Waals surface area contributed by atoms with Crippen molar-refractivity contribution in [3.63, 3.8) is 0 Å². The first-order chi connectivity index (χ1) is 10.6. The first-order valence-corrected chi connectivity index (χ1v) is 7.83. The van der Waals surface area contributed by atoms with Crippen molar-refractivity contribution >= 4 is 34.9 Å². The Labute approximate surface area is 132 Å². The average Bonchev–Trinajstić information content (AvgIpc) is 2.90. The molecular formula is C15H18FN3O2S. The number of aromatic amines is 1. The van der Waals surface area contributed by atoms with Gasteiger partial charge in [0.1, 0.15) is 6.04 Å². The van der Waals surface area contributed by atoms with Gasteiger partial charge in [0.05, 0.1) is 0 Å². The van der Waals surface area contributed by atoms with E-state index in [1.807, 2.05) is 30.5 Å². The zero-order valence-corrected chi connectivity index (χ0v) is 13.0. The molecule has 2 amide bonds. The summed E-state index contributed by atoms with van der Waals surface area (Å²) in [7, 11) is 0. The third kappa shape index (κ3) is 4.24. The van der Waals surface area contributed by atoms with Crippen LogP contribution in [0.15, 0.2) is 30.5 Å². The van der Waals surface area contributed by atoms with E-state index in [1.165, 1.54) is 6.92 Å². The second-order valence-corrected chi connectivity index (χ2v) is 5.55. The fourth-order valence-electron chi connectivity index (χ4n) is 2.31. The average molecular weight is 323 g/mol. The number of para-hydroxylation sites is 1. The molecule has 1 aromatic heterocycles. The number of rotatable bonds is 7. The van der Waals surface area contributed by atoms with Crippen molar-refractivity contribution in [1.82, 2.24) is 15.6 Å². The molecule has 0 saturated heterocycles. The number of amides is 2. The fourth-order valence-corrected chi connectivity index (χ4v) is 2.49.